The van der Waals surface area contributed by atoms with Crippen LogP contribution in [0.3, 0.4) is 0 Å². The average Bonchev–Trinajstić information content (AvgIpc) is 2.45. The average molecular weight is 257 g/mol. The Balaban J connectivity index is 3.32. The van der Waals surface area contributed by atoms with Gasteiger partial charge in [0.2, 0.25) is 0 Å². The van der Waals surface area contributed by atoms with Gasteiger partial charge in [-0.25, -0.2) is 9.97 Å². The highest BCUT2D eigenvalue weighted by atomic mass is 15.2. The third-order valence-electron chi connectivity index (χ3n) is 2.78. The van der Waals surface area contributed by atoms with E-state index in [9.17, 15) is 0 Å². The van der Waals surface area contributed by atoms with E-state index >= 15 is 0 Å². The Kier molecular flexibility index (Phi) is 5.75. The van der Waals surface area contributed by atoms with E-state index in [1.165, 1.54) is 0 Å². The Morgan fingerprint density at radius 2 is 1.47 bits per heavy atom. The molecule has 0 aliphatic heterocycles. The van der Waals surface area contributed by atoms with E-state index in [0.717, 1.165) is 37.4 Å². The summed E-state index contributed by atoms with van der Waals surface area (Å²) < 4.78 is 0. The monoisotopic (exact) mass is 257 g/mol. The highest BCUT2D eigenvalue weighted by molar-refractivity contribution is 5.49. The molecule has 100 valence electrons. The van der Waals surface area contributed by atoms with Crippen LogP contribution in [0.25, 0.3) is 0 Å². The van der Waals surface area contributed by atoms with Crippen LogP contribution in [0.2, 0.25) is 0 Å². The minimum Gasteiger partial charge on any atom is -0.355 e. The van der Waals surface area contributed by atoms with Crippen molar-refractivity contribution in [2.24, 2.45) is 0 Å². The second kappa shape index (κ2) is 7.33. The van der Waals surface area contributed by atoms with Gasteiger partial charge in [-0.1, -0.05) is 20.8 Å². The summed E-state index contributed by atoms with van der Waals surface area (Å²) in [5.41, 5.74) is 1.03. The summed E-state index contributed by atoms with van der Waals surface area (Å²) >= 11 is 0. The molecule has 0 bridgehead atoms. The van der Waals surface area contributed by atoms with Crippen LogP contribution in [-0.4, -0.2) is 23.1 Å². The molecule has 0 aliphatic carbocycles. The lowest BCUT2D eigenvalue weighted by Crippen LogP contribution is -2.28. The second-order valence-corrected chi connectivity index (χ2v) is 4.26. The molecule has 0 radical (unpaired) electrons. The standard InChI is InChI=1S/C14H19N5/c1-4-7-19(8-5-2)14-11(6-3)17-12(9-15)13(10-16)18-14/h4-8H2,1-3H3. The van der Waals surface area contributed by atoms with Crippen LogP contribution in [0.15, 0.2) is 0 Å². The molecule has 0 fully saturated rings. The Morgan fingerprint density at radius 3 is 1.89 bits per heavy atom. The molecule has 0 atom stereocenters. The van der Waals surface area contributed by atoms with Crippen LogP contribution >= 0.6 is 0 Å². The molecule has 0 saturated carbocycles. The lowest BCUT2D eigenvalue weighted by atomic mass is 10.2. The van der Waals surface area contributed by atoms with E-state index in [1.807, 2.05) is 19.1 Å². The van der Waals surface area contributed by atoms with E-state index in [4.69, 9.17) is 10.5 Å². The number of aryl methyl sites for hydroxylation is 1. The Hall–Kier alpha value is -2.14. The fourth-order valence-corrected chi connectivity index (χ4v) is 1.97. The highest BCUT2D eigenvalue weighted by Crippen LogP contribution is 2.19. The van der Waals surface area contributed by atoms with Crippen molar-refractivity contribution in [3.63, 3.8) is 0 Å². The van der Waals surface area contributed by atoms with Gasteiger partial charge in [0.15, 0.2) is 17.2 Å². The zero-order chi connectivity index (χ0) is 14.3. The van der Waals surface area contributed by atoms with Gasteiger partial charge in [0.25, 0.3) is 0 Å². The predicted octanol–water partition coefficient (Wildman–Crippen LogP) is 2.41. The van der Waals surface area contributed by atoms with E-state index in [2.05, 4.69) is 28.7 Å². The largest absolute Gasteiger partial charge is 0.355 e. The summed E-state index contributed by atoms with van der Waals surface area (Å²) in [6.45, 7) is 7.96. The third-order valence-corrected chi connectivity index (χ3v) is 2.78. The molecule has 0 aliphatic rings. The smallest absolute Gasteiger partial charge is 0.179 e. The zero-order valence-electron chi connectivity index (χ0n) is 11.8. The first-order chi connectivity index (χ1) is 9.21. The summed E-state index contributed by atoms with van der Waals surface area (Å²) in [7, 11) is 0. The van der Waals surface area contributed by atoms with Crippen LogP contribution in [0.5, 0.6) is 0 Å². The van der Waals surface area contributed by atoms with Crippen LogP contribution in [0, 0.1) is 22.7 Å². The molecular weight excluding hydrogens is 238 g/mol. The quantitative estimate of drug-likeness (QED) is 0.782. The fraction of sp³-hybridized carbons (Fsp3) is 0.571. The number of nitrogens with zero attached hydrogens (tertiary/aromatic N) is 5. The lowest BCUT2D eigenvalue weighted by molar-refractivity contribution is 0.722. The maximum absolute atomic E-state index is 9.06. The minimum atomic E-state index is 0.118. The highest BCUT2D eigenvalue weighted by Gasteiger charge is 2.16. The summed E-state index contributed by atoms with van der Waals surface area (Å²) in [5, 5.41) is 18.0. The molecule has 0 amide bonds. The van der Waals surface area contributed by atoms with Gasteiger partial charge in [-0.2, -0.15) is 10.5 Å². The van der Waals surface area contributed by atoms with Crippen molar-refractivity contribution in [1.29, 1.82) is 10.5 Å². The molecule has 0 N–H and O–H groups in total. The van der Waals surface area contributed by atoms with Crippen LogP contribution in [-0.2, 0) is 6.42 Å². The number of aromatic nitrogens is 2. The van der Waals surface area contributed by atoms with Crippen molar-refractivity contribution in [3.05, 3.63) is 17.1 Å². The van der Waals surface area contributed by atoms with Crippen molar-refractivity contribution < 1.29 is 0 Å². The van der Waals surface area contributed by atoms with Crippen molar-refractivity contribution in [2.45, 2.75) is 40.0 Å². The first-order valence-corrected chi connectivity index (χ1v) is 6.67. The predicted molar refractivity (Wildman–Crippen MR) is 73.6 cm³/mol. The maximum Gasteiger partial charge on any atom is 0.179 e. The number of rotatable bonds is 6. The van der Waals surface area contributed by atoms with Gasteiger partial charge in [0, 0.05) is 13.1 Å². The van der Waals surface area contributed by atoms with Gasteiger partial charge in [0.05, 0.1) is 5.69 Å². The van der Waals surface area contributed by atoms with Crippen LogP contribution in [0.1, 0.15) is 50.7 Å². The van der Waals surface area contributed by atoms with Gasteiger partial charge >= 0.3 is 0 Å². The number of nitriles is 2. The Bertz CT molecular complexity index is 504. The zero-order valence-corrected chi connectivity index (χ0v) is 11.8. The van der Waals surface area contributed by atoms with Gasteiger partial charge in [-0.3, -0.25) is 0 Å². The molecule has 0 aromatic carbocycles. The Morgan fingerprint density at radius 1 is 0.947 bits per heavy atom. The number of hydrogen-bond acceptors (Lipinski definition) is 5. The minimum absolute atomic E-state index is 0.118. The summed E-state index contributed by atoms with van der Waals surface area (Å²) in [6.07, 6.45) is 2.71. The normalized spacial score (nSPS) is 9.74. The molecule has 0 spiro atoms. The second-order valence-electron chi connectivity index (χ2n) is 4.26. The summed E-state index contributed by atoms with van der Waals surface area (Å²) in [5.74, 6) is 0.752. The van der Waals surface area contributed by atoms with Crippen molar-refractivity contribution in [1.82, 2.24) is 9.97 Å². The van der Waals surface area contributed by atoms with Crippen molar-refractivity contribution >= 4 is 5.82 Å². The molecule has 5 nitrogen and oxygen atoms in total. The van der Waals surface area contributed by atoms with E-state index < -0.39 is 0 Å². The topological polar surface area (TPSA) is 76.6 Å². The van der Waals surface area contributed by atoms with E-state index in [1.54, 1.807) is 0 Å². The molecule has 5 heteroatoms. The molecule has 1 heterocycles. The van der Waals surface area contributed by atoms with E-state index in [-0.39, 0.29) is 11.4 Å². The van der Waals surface area contributed by atoms with Gasteiger partial charge < -0.3 is 4.90 Å². The first kappa shape index (κ1) is 14.9. The maximum atomic E-state index is 9.06. The lowest BCUT2D eigenvalue weighted by Gasteiger charge is -2.24. The summed E-state index contributed by atoms with van der Waals surface area (Å²) in [6, 6.07) is 3.89. The van der Waals surface area contributed by atoms with Crippen LogP contribution < -0.4 is 4.90 Å². The van der Waals surface area contributed by atoms with Crippen molar-refractivity contribution in [2.75, 3.05) is 18.0 Å². The molecular formula is C14H19N5. The first-order valence-electron chi connectivity index (χ1n) is 6.67. The molecule has 1 aromatic heterocycles. The SMILES string of the molecule is CCCN(CCC)c1nc(C#N)c(C#N)nc1CC. The summed E-state index contributed by atoms with van der Waals surface area (Å²) in [4.78, 5) is 10.8. The Labute approximate surface area is 114 Å². The van der Waals surface area contributed by atoms with Gasteiger partial charge in [-0.15, -0.1) is 0 Å². The van der Waals surface area contributed by atoms with Crippen molar-refractivity contribution in [3.8, 4) is 12.1 Å². The number of hydrogen-bond donors (Lipinski definition) is 0. The fourth-order valence-electron chi connectivity index (χ4n) is 1.97. The van der Waals surface area contributed by atoms with Gasteiger partial charge in [0.1, 0.15) is 12.1 Å². The number of anilines is 1. The molecule has 0 saturated heterocycles. The molecule has 19 heavy (non-hydrogen) atoms. The van der Waals surface area contributed by atoms with Crippen LogP contribution in [0.4, 0.5) is 5.82 Å². The molecule has 1 rings (SSSR count). The molecule has 0 unspecified atom stereocenters. The van der Waals surface area contributed by atoms with E-state index in [0.29, 0.717) is 6.42 Å². The van der Waals surface area contributed by atoms with Gasteiger partial charge in [-0.05, 0) is 19.3 Å². The molecule has 1 aromatic rings. The third kappa shape index (κ3) is 3.42.